The molecule has 0 bridgehead atoms. The van der Waals surface area contributed by atoms with Gasteiger partial charge in [-0.15, -0.1) is 11.3 Å². The van der Waals surface area contributed by atoms with Crippen molar-refractivity contribution in [2.45, 2.75) is 58.8 Å². The zero-order valence-electron chi connectivity index (χ0n) is 22.8. The Morgan fingerprint density at radius 2 is 1.82 bits per heavy atom. The van der Waals surface area contributed by atoms with Crippen LogP contribution in [-0.2, 0) is 30.5 Å². The van der Waals surface area contributed by atoms with Gasteiger partial charge in [0.1, 0.15) is 12.6 Å². The smallest absolute Gasteiger partial charge is 0.323 e. The molecule has 0 fully saturated rings. The molecule has 9 heteroatoms. The first kappa shape index (κ1) is 30.3. The van der Waals surface area contributed by atoms with Crippen molar-refractivity contribution in [3.8, 4) is 21.6 Å². The van der Waals surface area contributed by atoms with E-state index in [1.54, 1.807) is 23.6 Å². The average molecular weight is 577 g/mol. The summed E-state index contributed by atoms with van der Waals surface area (Å²) >= 11 is 8.16. The predicted octanol–water partition coefficient (Wildman–Crippen LogP) is 6.51. The molecule has 206 valence electrons. The summed E-state index contributed by atoms with van der Waals surface area (Å²) in [5.41, 5.74) is 9.77. The van der Waals surface area contributed by atoms with Crippen LogP contribution in [0.5, 0.6) is 0 Å². The zero-order chi connectivity index (χ0) is 28.3. The minimum absolute atomic E-state index is 0.00229. The summed E-state index contributed by atoms with van der Waals surface area (Å²) in [5, 5.41) is 2.58. The maximum atomic E-state index is 12.4. The van der Waals surface area contributed by atoms with Crippen LogP contribution in [0.15, 0.2) is 48.0 Å². The van der Waals surface area contributed by atoms with Crippen molar-refractivity contribution in [3.05, 3.63) is 64.3 Å². The van der Waals surface area contributed by atoms with Gasteiger partial charge in [0.25, 0.3) is 0 Å². The van der Waals surface area contributed by atoms with Gasteiger partial charge in [0, 0.05) is 32.8 Å². The molecule has 0 aliphatic rings. The summed E-state index contributed by atoms with van der Waals surface area (Å²) in [5.74, 6) is -0.194. The Hall–Kier alpha value is -2.26. The molecule has 0 radical (unpaired) electrons. The fourth-order valence-corrected chi connectivity index (χ4v) is 7.11. The number of carbonyl (C=O) groups excluding carboxylic acids is 1. The van der Waals surface area contributed by atoms with Crippen molar-refractivity contribution in [2.75, 3.05) is 12.4 Å². The minimum Gasteiger partial charge on any atom is -0.464 e. The van der Waals surface area contributed by atoms with Gasteiger partial charge in [-0.05, 0) is 58.2 Å². The fourth-order valence-electron chi connectivity index (χ4n) is 3.97. The number of benzene rings is 1. The van der Waals surface area contributed by atoms with E-state index >= 15 is 0 Å². The molecule has 0 amide bonds. The van der Waals surface area contributed by atoms with Gasteiger partial charge in [-0.3, -0.25) is 9.78 Å². The van der Waals surface area contributed by atoms with E-state index < -0.39 is 27.3 Å². The maximum Gasteiger partial charge on any atom is 0.323 e. The second-order valence-electron chi connectivity index (χ2n) is 11.2. The summed E-state index contributed by atoms with van der Waals surface area (Å²) < 4.78 is 30.3. The van der Waals surface area contributed by atoms with Crippen LogP contribution in [0, 0.1) is 11.8 Å². The Kier molecular flexibility index (Phi) is 9.79. The summed E-state index contributed by atoms with van der Waals surface area (Å²) in [6.45, 7) is 11.7. The van der Waals surface area contributed by atoms with Gasteiger partial charge in [0.15, 0.2) is 9.84 Å². The van der Waals surface area contributed by atoms with E-state index in [4.69, 9.17) is 22.1 Å². The molecule has 1 aromatic carbocycles. The van der Waals surface area contributed by atoms with Gasteiger partial charge in [-0.25, -0.2) is 8.42 Å². The van der Waals surface area contributed by atoms with Crippen molar-refractivity contribution in [1.82, 2.24) is 4.98 Å². The number of hydrogen-bond donors (Lipinski definition) is 1. The molecule has 0 aliphatic carbocycles. The van der Waals surface area contributed by atoms with Crippen LogP contribution < -0.4 is 5.73 Å². The second kappa shape index (κ2) is 12.3. The fraction of sp³-hybridized carbons (Fsp3) is 0.448. The largest absolute Gasteiger partial charge is 0.464 e. The highest BCUT2D eigenvalue weighted by Crippen LogP contribution is 2.37. The molecule has 2 N–H and O–H groups in total. The Morgan fingerprint density at radius 3 is 2.45 bits per heavy atom. The van der Waals surface area contributed by atoms with Crippen LogP contribution in [-0.4, -0.2) is 37.8 Å². The van der Waals surface area contributed by atoms with E-state index in [1.165, 1.54) is 0 Å². The Morgan fingerprint density at radius 1 is 1.11 bits per heavy atom. The first-order valence-corrected chi connectivity index (χ1v) is 15.7. The van der Waals surface area contributed by atoms with Crippen LogP contribution in [0.3, 0.4) is 0 Å². The van der Waals surface area contributed by atoms with E-state index in [1.807, 2.05) is 65.8 Å². The standard InChI is InChI=1S/C29H37ClN2O4S2/c1-18(2)15-38(34,35)16-20-7-8-23(24(30)11-20)25-12-22(14-37-25)21-9-10-32-26(13-21)29(5,6)17-36-28(33)27(31)19(3)4/h7-14,18-19,27H,15-17,31H2,1-6H3/t27-/m0/s1. The number of pyridine rings is 1. The molecule has 1 atom stereocenters. The summed E-state index contributed by atoms with van der Waals surface area (Å²) in [6, 6.07) is 10.8. The molecule has 0 unspecified atom stereocenters. The molecule has 3 aromatic rings. The molecule has 6 nitrogen and oxygen atoms in total. The number of ether oxygens (including phenoxy) is 1. The second-order valence-corrected chi connectivity index (χ2v) is 14.6. The SMILES string of the molecule is CC(C)CS(=O)(=O)Cc1ccc(-c2cc(-c3ccnc(C(C)(C)COC(=O)[C@@H](N)C(C)C)c3)cs2)c(Cl)c1. The van der Waals surface area contributed by atoms with Gasteiger partial charge in [-0.2, -0.15) is 0 Å². The maximum absolute atomic E-state index is 12.4. The topological polar surface area (TPSA) is 99.4 Å². The van der Waals surface area contributed by atoms with E-state index in [0.29, 0.717) is 10.6 Å². The van der Waals surface area contributed by atoms with Crippen LogP contribution >= 0.6 is 22.9 Å². The third kappa shape index (κ3) is 7.88. The molecule has 2 heterocycles. The predicted molar refractivity (Wildman–Crippen MR) is 157 cm³/mol. The monoisotopic (exact) mass is 576 g/mol. The van der Waals surface area contributed by atoms with Gasteiger partial charge in [-0.1, -0.05) is 65.3 Å². The summed E-state index contributed by atoms with van der Waals surface area (Å²) in [7, 11) is -3.19. The molecular formula is C29H37ClN2O4S2. The average Bonchev–Trinajstić information content (AvgIpc) is 3.31. The van der Waals surface area contributed by atoms with E-state index in [-0.39, 0.29) is 29.9 Å². The zero-order valence-corrected chi connectivity index (χ0v) is 25.2. The van der Waals surface area contributed by atoms with Crippen molar-refractivity contribution in [3.63, 3.8) is 0 Å². The molecular weight excluding hydrogens is 540 g/mol. The number of nitrogens with two attached hydrogens (primary N) is 1. The molecule has 0 spiro atoms. The minimum atomic E-state index is -3.19. The molecule has 3 rings (SSSR count). The first-order chi connectivity index (χ1) is 17.7. The van der Waals surface area contributed by atoms with Crippen LogP contribution in [0.4, 0.5) is 0 Å². The number of rotatable bonds is 11. The van der Waals surface area contributed by atoms with Crippen LogP contribution in [0.25, 0.3) is 21.6 Å². The molecule has 0 aliphatic heterocycles. The number of nitrogens with zero attached hydrogens (tertiary/aromatic N) is 1. The van der Waals surface area contributed by atoms with E-state index in [2.05, 4.69) is 16.4 Å². The Balaban J connectivity index is 1.77. The molecule has 38 heavy (non-hydrogen) atoms. The van der Waals surface area contributed by atoms with Crippen molar-refractivity contribution < 1.29 is 17.9 Å². The van der Waals surface area contributed by atoms with Crippen molar-refractivity contribution in [2.24, 2.45) is 17.6 Å². The van der Waals surface area contributed by atoms with Gasteiger partial charge in [0.05, 0.1) is 11.5 Å². The Labute approximate surface area is 235 Å². The Bertz CT molecular complexity index is 1380. The third-order valence-electron chi connectivity index (χ3n) is 6.22. The highest BCUT2D eigenvalue weighted by atomic mass is 35.5. The van der Waals surface area contributed by atoms with Crippen molar-refractivity contribution >= 4 is 38.7 Å². The molecule has 2 aromatic heterocycles. The highest BCUT2D eigenvalue weighted by Gasteiger charge is 2.27. The lowest BCUT2D eigenvalue weighted by atomic mass is 9.88. The number of thiophene rings is 1. The number of sulfone groups is 1. The third-order valence-corrected chi connectivity index (χ3v) is 9.45. The number of esters is 1. The molecule has 0 saturated heterocycles. The van der Waals surface area contributed by atoms with Gasteiger partial charge < -0.3 is 10.5 Å². The number of hydrogen-bond acceptors (Lipinski definition) is 7. The normalized spacial score (nSPS) is 13.2. The van der Waals surface area contributed by atoms with Crippen molar-refractivity contribution in [1.29, 1.82) is 0 Å². The lowest BCUT2D eigenvalue weighted by molar-refractivity contribution is -0.148. The van der Waals surface area contributed by atoms with E-state index in [0.717, 1.165) is 27.3 Å². The number of carbonyl (C=O) groups is 1. The summed E-state index contributed by atoms with van der Waals surface area (Å²) in [6.07, 6.45) is 1.75. The van der Waals surface area contributed by atoms with Crippen LogP contribution in [0.1, 0.15) is 52.8 Å². The quantitative estimate of drug-likeness (QED) is 0.261. The van der Waals surface area contributed by atoms with Gasteiger partial charge >= 0.3 is 5.97 Å². The molecule has 0 saturated carbocycles. The summed E-state index contributed by atoms with van der Waals surface area (Å²) in [4.78, 5) is 17.8. The first-order valence-electron chi connectivity index (χ1n) is 12.7. The lowest BCUT2D eigenvalue weighted by Crippen LogP contribution is -2.39. The number of aromatic nitrogens is 1. The highest BCUT2D eigenvalue weighted by molar-refractivity contribution is 7.90. The van der Waals surface area contributed by atoms with E-state index in [9.17, 15) is 13.2 Å². The lowest BCUT2D eigenvalue weighted by Gasteiger charge is -2.25. The number of halogens is 1. The van der Waals surface area contributed by atoms with Crippen LogP contribution in [0.2, 0.25) is 5.02 Å². The van der Waals surface area contributed by atoms with Gasteiger partial charge in [0.2, 0.25) is 0 Å².